The number of rotatable bonds is 0. The summed E-state index contributed by atoms with van der Waals surface area (Å²) in [6.45, 7) is 0. The van der Waals surface area contributed by atoms with Crippen LogP contribution in [-0.2, 0) is 0 Å². The average molecular weight is 157 g/mol. The van der Waals surface area contributed by atoms with E-state index < -0.39 is 6.16 Å². The molecule has 1 aromatic heterocycles. The van der Waals surface area contributed by atoms with Gasteiger partial charge in [-0.3, -0.25) is 4.79 Å². The smallest absolute Gasteiger partial charge is 0.450 e. The minimum atomic E-state index is -1.83. The molecule has 0 aliphatic carbocycles. The first-order chi connectivity index (χ1) is 5.13. The van der Waals surface area contributed by atoms with Crippen molar-refractivity contribution in [3.8, 4) is 0 Å². The van der Waals surface area contributed by atoms with Gasteiger partial charge >= 0.3 is 6.16 Å². The van der Waals surface area contributed by atoms with Crippen molar-refractivity contribution in [3.05, 3.63) is 34.7 Å². The second-order valence-electron chi connectivity index (χ2n) is 1.51. The quantitative estimate of drug-likeness (QED) is 0.514. The molecule has 0 unspecified atom stereocenters. The summed E-state index contributed by atoms with van der Waals surface area (Å²) < 4.78 is 0. The van der Waals surface area contributed by atoms with E-state index in [4.69, 9.17) is 15.0 Å². The number of nitrogens with one attached hydrogen (secondary N) is 1. The van der Waals surface area contributed by atoms with E-state index in [0.29, 0.717) is 0 Å². The van der Waals surface area contributed by atoms with Crippen molar-refractivity contribution in [2.24, 2.45) is 0 Å². The number of hydrogen-bond acceptors (Lipinski definition) is 2. The molecule has 0 radical (unpaired) electrons. The van der Waals surface area contributed by atoms with Crippen molar-refractivity contribution in [2.75, 3.05) is 0 Å². The first kappa shape index (κ1) is 9.22. The number of carbonyl (C=O) groups is 1. The van der Waals surface area contributed by atoms with E-state index in [9.17, 15) is 4.79 Å². The number of H-pyrrole nitrogens is 1. The van der Waals surface area contributed by atoms with Crippen molar-refractivity contribution >= 4 is 6.16 Å². The molecule has 0 fully saturated rings. The normalized spacial score (nSPS) is 7.64. The van der Waals surface area contributed by atoms with Gasteiger partial charge in [0, 0.05) is 12.3 Å². The predicted octanol–water partition coefficient (Wildman–Crippen LogP) is 0.597. The zero-order valence-electron chi connectivity index (χ0n) is 5.52. The van der Waals surface area contributed by atoms with Crippen LogP contribution in [0.15, 0.2) is 29.2 Å². The molecule has 0 spiro atoms. The Bertz CT molecular complexity index is 246. The van der Waals surface area contributed by atoms with Gasteiger partial charge in [0.15, 0.2) is 0 Å². The lowest BCUT2D eigenvalue weighted by Gasteiger charge is -1.73. The summed E-state index contributed by atoms with van der Waals surface area (Å²) in [5.74, 6) is 0. The second-order valence-corrected chi connectivity index (χ2v) is 1.51. The lowest BCUT2D eigenvalue weighted by Crippen LogP contribution is -1.98. The van der Waals surface area contributed by atoms with Crippen LogP contribution in [-0.4, -0.2) is 21.4 Å². The zero-order valence-corrected chi connectivity index (χ0v) is 5.52. The Kier molecular flexibility index (Phi) is 4.22. The highest BCUT2D eigenvalue weighted by atomic mass is 16.6. The second kappa shape index (κ2) is 5.04. The van der Waals surface area contributed by atoms with Crippen LogP contribution in [0, 0.1) is 0 Å². The van der Waals surface area contributed by atoms with Gasteiger partial charge in [-0.15, -0.1) is 0 Å². The molecule has 0 saturated heterocycles. The van der Waals surface area contributed by atoms with E-state index in [1.54, 1.807) is 18.3 Å². The van der Waals surface area contributed by atoms with Gasteiger partial charge in [-0.05, 0) is 6.07 Å². The number of aromatic amines is 1. The molecule has 1 aromatic rings. The molecule has 11 heavy (non-hydrogen) atoms. The maximum absolute atomic E-state index is 10.2. The minimum Gasteiger partial charge on any atom is -0.450 e. The monoisotopic (exact) mass is 157 g/mol. The van der Waals surface area contributed by atoms with Gasteiger partial charge in [-0.2, -0.15) is 0 Å². The van der Waals surface area contributed by atoms with Crippen LogP contribution in [0.25, 0.3) is 0 Å². The molecule has 3 N–H and O–H groups in total. The van der Waals surface area contributed by atoms with E-state index in [1.165, 1.54) is 6.07 Å². The van der Waals surface area contributed by atoms with Gasteiger partial charge in [-0.1, -0.05) is 6.07 Å². The number of carboxylic acid groups (broad SMARTS) is 2. The van der Waals surface area contributed by atoms with Crippen LogP contribution in [0.3, 0.4) is 0 Å². The maximum Gasteiger partial charge on any atom is 0.503 e. The first-order valence-electron chi connectivity index (χ1n) is 2.68. The molecule has 0 aromatic carbocycles. The Morgan fingerprint density at radius 3 is 2.09 bits per heavy atom. The zero-order chi connectivity index (χ0) is 8.69. The molecule has 0 aliphatic heterocycles. The molecule has 1 heterocycles. The van der Waals surface area contributed by atoms with E-state index in [2.05, 4.69) is 4.98 Å². The van der Waals surface area contributed by atoms with Crippen molar-refractivity contribution in [3.63, 3.8) is 0 Å². The lowest BCUT2D eigenvalue weighted by atomic mass is 10.5. The summed E-state index contributed by atoms with van der Waals surface area (Å²) in [5.41, 5.74) is -0.0532. The molecule has 1 rings (SSSR count). The Labute approximate surface area is 61.9 Å². The van der Waals surface area contributed by atoms with Gasteiger partial charge in [0.1, 0.15) is 0 Å². The summed E-state index contributed by atoms with van der Waals surface area (Å²) in [6.07, 6.45) is -0.234. The number of pyridine rings is 1. The lowest BCUT2D eigenvalue weighted by molar-refractivity contribution is 0.137. The van der Waals surface area contributed by atoms with Crippen molar-refractivity contribution in [1.82, 2.24) is 4.98 Å². The average Bonchev–Trinajstić information content (AvgIpc) is 1.87. The Hall–Kier alpha value is -1.78. The summed E-state index contributed by atoms with van der Waals surface area (Å²) in [7, 11) is 0. The van der Waals surface area contributed by atoms with E-state index in [0.717, 1.165) is 0 Å². The SMILES string of the molecule is O=C(O)O.O=c1cccc[nH]1. The molecule has 5 heteroatoms. The Morgan fingerprint density at radius 2 is 1.91 bits per heavy atom. The first-order valence-corrected chi connectivity index (χ1v) is 2.68. The molecule has 0 atom stereocenters. The van der Waals surface area contributed by atoms with Crippen LogP contribution < -0.4 is 5.56 Å². The maximum atomic E-state index is 10.2. The predicted molar refractivity (Wildman–Crippen MR) is 37.7 cm³/mol. The highest BCUT2D eigenvalue weighted by Gasteiger charge is 1.70. The van der Waals surface area contributed by atoms with Crippen LogP contribution >= 0.6 is 0 Å². The third kappa shape index (κ3) is 8.22. The summed E-state index contributed by atoms with van der Waals surface area (Å²) in [5, 5.41) is 13.9. The standard InChI is InChI=1S/C5H5NO.CH2O3/c7-5-3-1-2-4-6-5;2-1(3)4/h1-4H,(H,6,7);(H2,2,3,4). The molecule has 60 valence electrons. The largest absolute Gasteiger partial charge is 0.503 e. The van der Waals surface area contributed by atoms with E-state index >= 15 is 0 Å². The number of hydrogen-bond donors (Lipinski definition) is 3. The molecule has 0 aliphatic rings. The van der Waals surface area contributed by atoms with E-state index in [1.807, 2.05) is 0 Å². The van der Waals surface area contributed by atoms with Crippen molar-refractivity contribution in [1.29, 1.82) is 0 Å². The van der Waals surface area contributed by atoms with Crippen LogP contribution in [0.2, 0.25) is 0 Å². The Morgan fingerprint density at radius 1 is 1.36 bits per heavy atom. The fourth-order valence-electron chi connectivity index (χ4n) is 0.377. The van der Waals surface area contributed by atoms with Crippen molar-refractivity contribution < 1.29 is 15.0 Å². The number of aromatic nitrogens is 1. The van der Waals surface area contributed by atoms with E-state index in [-0.39, 0.29) is 5.56 Å². The summed E-state index contributed by atoms with van der Waals surface area (Å²) in [4.78, 5) is 21.2. The Balaban J connectivity index is 0.000000218. The highest BCUT2D eigenvalue weighted by Crippen LogP contribution is 1.67. The van der Waals surface area contributed by atoms with Crippen molar-refractivity contribution in [2.45, 2.75) is 0 Å². The van der Waals surface area contributed by atoms with Crippen LogP contribution in [0.1, 0.15) is 0 Å². The molecule has 5 nitrogen and oxygen atoms in total. The fraction of sp³-hybridized carbons (Fsp3) is 0. The minimum absolute atomic E-state index is 0.0532. The third-order valence-corrected chi connectivity index (χ3v) is 0.681. The molecule has 0 bridgehead atoms. The fourth-order valence-corrected chi connectivity index (χ4v) is 0.377. The van der Waals surface area contributed by atoms with Crippen LogP contribution in [0.4, 0.5) is 4.79 Å². The summed E-state index contributed by atoms with van der Waals surface area (Å²) in [6, 6.07) is 4.93. The van der Waals surface area contributed by atoms with Gasteiger partial charge < -0.3 is 15.2 Å². The van der Waals surface area contributed by atoms with Gasteiger partial charge in [0.2, 0.25) is 5.56 Å². The van der Waals surface area contributed by atoms with Crippen LogP contribution in [0.5, 0.6) is 0 Å². The molecular weight excluding hydrogens is 150 g/mol. The topological polar surface area (TPSA) is 90.4 Å². The van der Waals surface area contributed by atoms with Gasteiger partial charge in [0.05, 0.1) is 0 Å². The summed E-state index contributed by atoms with van der Waals surface area (Å²) >= 11 is 0. The molecular formula is C6H7NO4. The molecule has 0 amide bonds. The third-order valence-electron chi connectivity index (χ3n) is 0.681. The molecule has 0 saturated carbocycles. The van der Waals surface area contributed by atoms with Gasteiger partial charge in [0.25, 0.3) is 0 Å². The van der Waals surface area contributed by atoms with Gasteiger partial charge in [-0.25, -0.2) is 4.79 Å². The highest BCUT2D eigenvalue weighted by molar-refractivity contribution is 5.53.